The van der Waals surface area contributed by atoms with Crippen LogP contribution in [0, 0.1) is 5.92 Å². The summed E-state index contributed by atoms with van der Waals surface area (Å²) in [6.07, 6.45) is 0. The molecule has 144 valence electrons. The van der Waals surface area contributed by atoms with Gasteiger partial charge in [0.05, 0.1) is 5.75 Å². The molecular weight excluding hydrogens is 440 g/mol. The summed E-state index contributed by atoms with van der Waals surface area (Å²) in [6.45, 7) is 3.66. The molecule has 1 aromatic heterocycles. The number of rotatable bonds is 7. The zero-order valence-corrected chi connectivity index (χ0v) is 17.8. The topological polar surface area (TPSA) is 87.7 Å². The van der Waals surface area contributed by atoms with Crippen LogP contribution < -0.4 is 5.32 Å². The van der Waals surface area contributed by atoms with Gasteiger partial charge in [-0.3, -0.25) is 14.7 Å². The van der Waals surface area contributed by atoms with Gasteiger partial charge in [-0.05, 0) is 30.3 Å². The van der Waals surface area contributed by atoms with Gasteiger partial charge in [0.15, 0.2) is 11.6 Å². The van der Waals surface area contributed by atoms with E-state index in [1.807, 2.05) is 38.1 Å². The van der Waals surface area contributed by atoms with E-state index in [4.69, 9.17) is 0 Å². The number of carbonyl (C=O) groups is 2. The standard InChI is InChI=1S/C20H19BrN4O2S/c1-12(2)19(27)22-14-9-7-13(8-10-14)17(26)11-28-20-23-18(24-25-20)15-5-3-4-6-16(15)21/h3-10,12H,11H2,1-2H3,(H,22,27)(H,23,24,25). The van der Waals surface area contributed by atoms with Crippen LogP contribution in [0.5, 0.6) is 0 Å². The number of halogens is 1. The van der Waals surface area contributed by atoms with E-state index in [1.54, 1.807) is 24.3 Å². The van der Waals surface area contributed by atoms with Gasteiger partial charge in [-0.25, -0.2) is 4.98 Å². The molecule has 1 amide bonds. The van der Waals surface area contributed by atoms with Gasteiger partial charge in [0.25, 0.3) is 0 Å². The fourth-order valence-corrected chi connectivity index (χ4v) is 3.49. The van der Waals surface area contributed by atoms with Crippen molar-refractivity contribution in [2.75, 3.05) is 11.1 Å². The van der Waals surface area contributed by atoms with Crippen molar-refractivity contribution in [1.82, 2.24) is 15.2 Å². The third kappa shape index (κ3) is 5.08. The number of aromatic amines is 1. The smallest absolute Gasteiger partial charge is 0.226 e. The number of benzene rings is 2. The van der Waals surface area contributed by atoms with Gasteiger partial charge in [0.1, 0.15) is 0 Å². The molecule has 0 saturated heterocycles. The van der Waals surface area contributed by atoms with Crippen LogP contribution in [-0.4, -0.2) is 32.6 Å². The summed E-state index contributed by atoms with van der Waals surface area (Å²) >= 11 is 4.76. The highest BCUT2D eigenvalue weighted by atomic mass is 79.9. The molecule has 2 N–H and O–H groups in total. The number of hydrogen-bond acceptors (Lipinski definition) is 5. The Balaban J connectivity index is 1.59. The molecular formula is C20H19BrN4O2S. The maximum absolute atomic E-state index is 12.4. The summed E-state index contributed by atoms with van der Waals surface area (Å²) in [5.41, 5.74) is 2.17. The molecule has 6 nitrogen and oxygen atoms in total. The summed E-state index contributed by atoms with van der Waals surface area (Å²) in [7, 11) is 0. The van der Waals surface area contributed by atoms with Crippen LogP contribution in [0.3, 0.4) is 0 Å². The molecule has 0 aliphatic carbocycles. The maximum atomic E-state index is 12.4. The monoisotopic (exact) mass is 458 g/mol. The first-order valence-electron chi connectivity index (χ1n) is 8.68. The first-order valence-corrected chi connectivity index (χ1v) is 10.5. The SMILES string of the molecule is CC(C)C(=O)Nc1ccc(C(=O)CSc2n[nH]c(-c3ccccc3Br)n2)cc1. The Labute approximate surface area is 175 Å². The molecule has 0 radical (unpaired) electrons. The summed E-state index contributed by atoms with van der Waals surface area (Å²) in [5.74, 6) is 0.692. The average molecular weight is 459 g/mol. The Hall–Kier alpha value is -2.45. The normalized spacial score (nSPS) is 10.9. The molecule has 2 aromatic carbocycles. The highest BCUT2D eigenvalue weighted by Gasteiger charge is 2.13. The maximum Gasteiger partial charge on any atom is 0.226 e. The van der Waals surface area contributed by atoms with E-state index in [0.29, 0.717) is 22.2 Å². The Morgan fingerprint density at radius 2 is 1.86 bits per heavy atom. The van der Waals surface area contributed by atoms with E-state index in [9.17, 15) is 9.59 Å². The molecule has 1 heterocycles. The van der Waals surface area contributed by atoms with Gasteiger partial charge in [-0.2, -0.15) is 0 Å². The molecule has 8 heteroatoms. The van der Waals surface area contributed by atoms with Crippen molar-refractivity contribution in [2.45, 2.75) is 19.0 Å². The predicted octanol–water partition coefficient (Wildman–Crippen LogP) is 4.80. The van der Waals surface area contributed by atoms with E-state index in [1.165, 1.54) is 11.8 Å². The first-order chi connectivity index (χ1) is 13.4. The number of ketones is 1. The minimum Gasteiger partial charge on any atom is -0.326 e. The number of aromatic nitrogens is 3. The predicted molar refractivity (Wildman–Crippen MR) is 114 cm³/mol. The molecule has 0 aliphatic rings. The third-order valence-electron chi connectivity index (χ3n) is 3.93. The van der Waals surface area contributed by atoms with Crippen molar-refractivity contribution in [3.05, 3.63) is 58.6 Å². The molecule has 3 rings (SSSR count). The lowest BCUT2D eigenvalue weighted by Crippen LogP contribution is -2.17. The summed E-state index contributed by atoms with van der Waals surface area (Å²) < 4.78 is 0.920. The van der Waals surface area contributed by atoms with Crippen molar-refractivity contribution in [1.29, 1.82) is 0 Å². The number of carbonyl (C=O) groups excluding carboxylic acids is 2. The lowest BCUT2D eigenvalue weighted by atomic mass is 10.1. The zero-order chi connectivity index (χ0) is 20.1. The molecule has 0 saturated carbocycles. The van der Waals surface area contributed by atoms with E-state index < -0.39 is 0 Å². The number of amides is 1. The third-order valence-corrected chi connectivity index (χ3v) is 5.46. The van der Waals surface area contributed by atoms with Gasteiger partial charge in [-0.15, -0.1) is 5.10 Å². The van der Waals surface area contributed by atoms with Crippen molar-refractivity contribution in [3.63, 3.8) is 0 Å². The van der Waals surface area contributed by atoms with Crippen LogP contribution in [0.25, 0.3) is 11.4 Å². The van der Waals surface area contributed by atoms with Gasteiger partial charge >= 0.3 is 0 Å². The minimum atomic E-state index is -0.0968. The van der Waals surface area contributed by atoms with Crippen molar-refractivity contribution in [3.8, 4) is 11.4 Å². The van der Waals surface area contributed by atoms with Gasteiger partial charge in [0.2, 0.25) is 11.1 Å². The number of Topliss-reactive ketones (excluding diaryl/α,β-unsaturated/α-hetero) is 1. The lowest BCUT2D eigenvalue weighted by Gasteiger charge is -2.08. The second kappa shape index (κ2) is 9.16. The second-order valence-corrected chi connectivity index (χ2v) is 8.18. The zero-order valence-electron chi connectivity index (χ0n) is 15.4. The number of H-pyrrole nitrogens is 1. The molecule has 0 fully saturated rings. The summed E-state index contributed by atoms with van der Waals surface area (Å²) in [6, 6.07) is 14.6. The second-order valence-electron chi connectivity index (χ2n) is 6.38. The molecule has 0 aliphatic heterocycles. The highest BCUT2D eigenvalue weighted by molar-refractivity contribution is 9.10. The number of hydrogen-bond donors (Lipinski definition) is 2. The fourth-order valence-electron chi connectivity index (χ4n) is 2.32. The van der Waals surface area contributed by atoms with Gasteiger partial charge in [0, 0.05) is 27.2 Å². The van der Waals surface area contributed by atoms with Crippen LogP contribution in [0.15, 0.2) is 58.2 Å². The molecule has 0 unspecified atom stereocenters. The quantitative estimate of drug-likeness (QED) is 0.391. The molecule has 3 aromatic rings. The number of nitrogens with zero attached hydrogens (tertiary/aromatic N) is 2. The van der Waals surface area contributed by atoms with Crippen LogP contribution in [0.4, 0.5) is 5.69 Å². The Morgan fingerprint density at radius 3 is 2.54 bits per heavy atom. The lowest BCUT2D eigenvalue weighted by molar-refractivity contribution is -0.118. The van der Waals surface area contributed by atoms with Crippen molar-refractivity contribution in [2.24, 2.45) is 5.92 Å². The van der Waals surface area contributed by atoms with Gasteiger partial charge < -0.3 is 5.32 Å². The highest BCUT2D eigenvalue weighted by Crippen LogP contribution is 2.26. The number of anilines is 1. The van der Waals surface area contributed by atoms with Gasteiger partial charge in [-0.1, -0.05) is 59.7 Å². The summed E-state index contributed by atoms with van der Waals surface area (Å²) in [4.78, 5) is 28.6. The molecule has 0 bridgehead atoms. The number of thioether (sulfide) groups is 1. The van der Waals surface area contributed by atoms with E-state index in [2.05, 4.69) is 36.4 Å². The van der Waals surface area contributed by atoms with Crippen LogP contribution in [0.1, 0.15) is 24.2 Å². The number of nitrogens with one attached hydrogen (secondary N) is 2. The minimum absolute atomic E-state index is 0.0287. The molecule has 0 spiro atoms. The summed E-state index contributed by atoms with van der Waals surface area (Å²) in [5, 5.41) is 10.4. The largest absolute Gasteiger partial charge is 0.326 e. The average Bonchev–Trinajstić information content (AvgIpc) is 3.15. The molecule has 28 heavy (non-hydrogen) atoms. The van der Waals surface area contributed by atoms with Crippen LogP contribution in [-0.2, 0) is 4.79 Å². The molecule has 0 atom stereocenters. The van der Waals surface area contributed by atoms with E-state index in [-0.39, 0.29) is 23.4 Å². The Morgan fingerprint density at radius 1 is 1.14 bits per heavy atom. The first kappa shape index (κ1) is 20.3. The fraction of sp³-hybridized carbons (Fsp3) is 0.200. The Kier molecular flexibility index (Phi) is 6.64. The van der Waals surface area contributed by atoms with Crippen molar-refractivity contribution >= 4 is 45.1 Å². The van der Waals surface area contributed by atoms with E-state index >= 15 is 0 Å². The Bertz CT molecular complexity index is 986. The van der Waals surface area contributed by atoms with Crippen LogP contribution >= 0.6 is 27.7 Å². The van der Waals surface area contributed by atoms with Crippen molar-refractivity contribution < 1.29 is 9.59 Å². The van der Waals surface area contributed by atoms with Crippen LogP contribution in [0.2, 0.25) is 0 Å². The van der Waals surface area contributed by atoms with E-state index in [0.717, 1.165) is 10.0 Å².